The standard InChI is InChI=1S/C44H51N7O8/c1-26-28(15-18-45-2)30(21-49(3)39(26)54)27-19-34(58-5)31(35(20-27)59-6)22-50(4)44-23-43(24-44,25-44)42(57)47-17-9-7-8-16-46-32-12-10-11-29-37(32)41(56)51(40(29)55)33-13-14-36(52)48-38(33)53/h10-12,15,18-21,33,46H,2,7-9,13-14,16-17,22-25H2,1,3-6H3,(H,47,57)(H,48,52,53)/b18-15-. The average molecular weight is 806 g/mol. The van der Waals surface area contributed by atoms with Crippen molar-refractivity contribution in [2.75, 3.05) is 39.7 Å². The number of fused-ring (bicyclic) bond motifs is 1. The van der Waals surface area contributed by atoms with E-state index in [0.717, 1.165) is 65.7 Å². The normalized spacial score (nSPS) is 21.9. The Hall–Kier alpha value is -6.09. The number of nitrogens with zero attached hydrogens (tertiary/aromatic N) is 4. The summed E-state index contributed by atoms with van der Waals surface area (Å²) in [6, 6.07) is 7.93. The molecule has 1 unspecified atom stereocenters. The first kappa shape index (κ1) is 41.1. The van der Waals surface area contributed by atoms with Gasteiger partial charge in [-0.1, -0.05) is 6.07 Å². The number of methoxy groups -OCH3 is 2. The van der Waals surface area contributed by atoms with E-state index in [-0.39, 0.29) is 46.4 Å². The van der Waals surface area contributed by atoms with E-state index in [9.17, 15) is 28.8 Å². The lowest BCUT2D eigenvalue weighted by Gasteiger charge is -2.72. The summed E-state index contributed by atoms with van der Waals surface area (Å²) in [6.45, 7) is 7.01. The van der Waals surface area contributed by atoms with Crippen LogP contribution in [-0.4, -0.2) is 96.6 Å². The number of carbonyl (C=O) groups is 5. The molecule has 0 radical (unpaired) electrons. The van der Waals surface area contributed by atoms with Crippen LogP contribution in [0.3, 0.4) is 0 Å². The fourth-order valence-corrected chi connectivity index (χ4v) is 9.26. The molecule has 0 spiro atoms. The summed E-state index contributed by atoms with van der Waals surface area (Å²) in [5, 5.41) is 8.65. The van der Waals surface area contributed by atoms with Crippen LogP contribution in [0, 0.1) is 12.3 Å². The van der Waals surface area contributed by atoms with Gasteiger partial charge in [0.05, 0.1) is 36.3 Å². The average Bonchev–Trinajstić information content (AvgIpc) is 3.44. The van der Waals surface area contributed by atoms with Crippen LogP contribution in [0.1, 0.15) is 88.8 Å². The Bertz CT molecular complexity index is 2300. The molecule has 8 rings (SSSR count). The zero-order valence-electron chi connectivity index (χ0n) is 34.2. The second-order valence-electron chi connectivity index (χ2n) is 16.2. The molecule has 2 bridgehead atoms. The van der Waals surface area contributed by atoms with Crippen LogP contribution in [0.15, 0.2) is 52.5 Å². The van der Waals surface area contributed by atoms with E-state index in [2.05, 4.69) is 39.6 Å². The number of amides is 5. The number of rotatable bonds is 17. The third kappa shape index (κ3) is 7.32. The highest BCUT2D eigenvalue weighted by atomic mass is 16.5. The van der Waals surface area contributed by atoms with Crippen LogP contribution in [0.2, 0.25) is 0 Å². The SMILES string of the molecule is C=N/C=C\c1c(-c2cc(OC)c(CN(C)C34CC(C(=O)NCCCCCNc5cccc6c5C(=O)N(C5CCC(=O)NC5=O)C6=O)(C3)C4)c(OC)c2)cn(C)c(=O)c1C. The van der Waals surface area contributed by atoms with Gasteiger partial charge in [-0.3, -0.25) is 48.9 Å². The molecule has 1 saturated heterocycles. The maximum Gasteiger partial charge on any atom is 0.264 e. The van der Waals surface area contributed by atoms with Gasteiger partial charge in [-0.25, -0.2) is 0 Å². The summed E-state index contributed by atoms with van der Waals surface area (Å²) >= 11 is 0. The number of hydrogen-bond donors (Lipinski definition) is 3. The van der Waals surface area contributed by atoms with Crippen molar-refractivity contribution < 1.29 is 33.4 Å². The predicted octanol–water partition coefficient (Wildman–Crippen LogP) is 4.20. The van der Waals surface area contributed by atoms with E-state index in [1.54, 1.807) is 69.4 Å². The lowest BCUT2D eigenvalue weighted by molar-refractivity contribution is -0.215. The molecule has 5 amide bonds. The molecule has 3 aliphatic carbocycles. The van der Waals surface area contributed by atoms with Crippen LogP contribution < -0.4 is 31.0 Å². The number of ether oxygens (including phenoxy) is 2. The Kier molecular flexibility index (Phi) is 11.3. The number of benzene rings is 2. The lowest BCUT2D eigenvalue weighted by atomic mass is 9.38. The second kappa shape index (κ2) is 16.3. The van der Waals surface area contributed by atoms with E-state index in [1.165, 1.54) is 0 Å². The topological polar surface area (TPSA) is 181 Å². The minimum Gasteiger partial charge on any atom is -0.496 e. The van der Waals surface area contributed by atoms with Crippen LogP contribution in [0.4, 0.5) is 5.69 Å². The molecule has 59 heavy (non-hydrogen) atoms. The van der Waals surface area contributed by atoms with Gasteiger partial charge in [0.25, 0.3) is 17.4 Å². The van der Waals surface area contributed by atoms with Crippen LogP contribution in [0.5, 0.6) is 11.5 Å². The molecule has 15 nitrogen and oxygen atoms in total. The quantitative estimate of drug-likeness (QED) is 0.102. The van der Waals surface area contributed by atoms with E-state index >= 15 is 0 Å². The Morgan fingerprint density at radius 3 is 2.37 bits per heavy atom. The van der Waals surface area contributed by atoms with Gasteiger partial charge in [-0.05, 0) is 107 Å². The Morgan fingerprint density at radius 1 is 1.02 bits per heavy atom. The highest BCUT2D eigenvalue weighted by Gasteiger charge is 2.72. The molecule has 4 fully saturated rings. The van der Waals surface area contributed by atoms with Crippen molar-refractivity contribution in [3.8, 4) is 22.6 Å². The summed E-state index contributed by atoms with van der Waals surface area (Å²) in [5.74, 6) is -0.710. The first-order chi connectivity index (χ1) is 28.3. The molecular weight excluding hydrogens is 755 g/mol. The van der Waals surface area contributed by atoms with Gasteiger partial charge >= 0.3 is 0 Å². The lowest BCUT2D eigenvalue weighted by Crippen LogP contribution is -2.77. The Labute approximate surface area is 342 Å². The number of imide groups is 2. The number of unbranched alkanes of at least 4 members (excludes halogenated alkanes) is 2. The molecule has 5 aliphatic rings. The summed E-state index contributed by atoms with van der Waals surface area (Å²) in [7, 11) is 7.07. The van der Waals surface area contributed by atoms with Gasteiger partial charge in [-0.15, -0.1) is 0 Å². The number of carbonyl (C=O) groups excluding carboxylic acids is 5. The van der Waals surface area contributed by atoms with Crippen LogP contribution in [0.25, 0.3) is 17.2 Å². The van der Waals surface area contributed by atoms with Crippen LogP contribution >= 0.6 is 0 Å². The summed E-state index contributed by atoms with van der Waals surface area (Å²) < 4.78 is 13.4. The number of anilines is 1. The van der Waals surface area contributed by atoms with Gasteiger partial charge in [-0.2, -0.15) is 0 Å². The molecule has 2 aliphatic heterocycles. The van der Waals surface area contributed by atoms with Gasteiger partial charge in [0.2, 0.25) is 17.7 Å². The van der Waals surface area contributed by atoms with Crippen molar-refractivity contribution in [3.05, 3.63) is 80.9 Å². The number of hydrogen-bond acceptors (Lipinski definition) is 11. The highest BCUT2D eigenvalue weighted by Crippen LogP contribution is 2.70. The zero-order chi connectivity index (χ0) is 42.2. The van der Waals surface area contributed by atoms with Gasteiger partial charge in [0, 0.05) is 67.9 Å². The second-order valence-corrected chi connectivity index (χ2v) is 16.2. The number of aliphatic imine (C=N–C) groups is 1. The summed E-state index contributed by atoms with van der Waals surface area (Å²) in [6.07, 6.45) is 10.1. The van der Waals surface area contributed by atoms with E-state index in [4.69, 9.17) is 9.47 Å². The number of piperidine rings is 1. The van der Waals surface area contributed by atoms with Crippen molar-refractivity contribution >= 4 is 48.0 Å². The molecule has 3 aromatic rings. The Morgan fingerprint density at radius 2 is 1.71 bits per heavy atom. The maximum atomic E-state index is 13.3. The molecule has 2 aromatic carbocycles. The predicted molar refractivity (Wildman–Crippen MR) is 222 cm³/mol. The highest BCUT2D eigenvalue weighted by molar-refractivity contribution is 6.25. The van der Waals surface area contributed by atoms with Crippen LogP contribution in [-0.2, 0) is 28.0 Å². The zero-order valence-corrected chi connectivity index (χ0v) is 34.2. The smallest absolute Gasteiger partial charge is 0.264 e. The van der Waals surface area contributed by atoms with Crippen molar-refractivity contribution in [3.63, 3.8) is 0 Å². The summed E-state index contributed by atoms with van der Waals surface area (Å²) in [5.41, 5.74) is 4.39. The minimum atomic E-state index is -1.01. The molecule has 310 valence electrons. The van der Waals surface area contributed by atoms with Crippen molar-refractivity contribution in [1.29, 1.82) is 0 Å². The van der Waals surface area contributed by atoms with E-state index in [1.807, 2.05) is 12.1 Å². The van der Waals surface area contributed by atoms with Crippen molar-refractivity contribution in [2.45, 2.75) is 76.4 Å². The van der Waals surface area contributed by atoms with Gasteiger partial charge in [0.1, 0.15) is 17.5 Å². The van der Waals surface area contributed by atoms with Gasteiger partial charge < -0.3 is 24.7 Å². The molecule has 1 atom stereocenters. The minimum absolute atomic E-state index is 0.0642. The number of nitrogens with one attached hydrogen (secondary N) is 3. The van der Waals surface area contributed by atoms with E-state index < -0.39 is 29.7 Å². The number of aromatic nitrogens is 1. The molecule has 3 N–H and O–H groups in total. The largest absolute Gasteiger partial charge is 0.496 e. The van der Waals surface area contributed by atoms with Crippen molar-refractivity contribution in [2.24, 2.45) is 17.5 Å². The number of pyridine rings is 1. The molecule has 3 heterocycles. The molecular formula is C44H51N7O8. The Balaban J connectivity index is 0.885. The van der Waals surface area contributed by atoms with E-state index in [0.29, 0.717) is 42.4 Å². The van der Waals surface area contributed by atoms with Gasteiger partial charge in [0.15, 0.2) is 0 Å². The first-order valence-corrected chi connectivity index (χ1v) is 19.9. The molecule has 1 aromatic heterocycles. The summed E-state index contributed by atoms with van der Waals surface area (Å²) in [4.78, 5) is 83.7. The maximum absolute atomic E-state index is 13.3. The fourth-order valence-electron chi connectivity index (χ4n) is 9.26. The monoisotopic (exact) mass is 805 g/mol. The third-order valence-electron chi connectivity index (χ3n) is 12.5. The molecule has 15 heteroatoms. The third-order valence-corrected chi connectivity index (χ3v) is 12.5. The number of aryl methyl sites for hydroxylation is 1. The first-order valence-electron chi connectivity index (χ1n) is 19.9. The fraction of sp³-hybridized carbons (Fsp3) is 0.432. The van der Waals surface area contributed by atoms with Crippen molar-refractivity contribution in [1.82, 2.24) is 25.0 Å². The molecule has 3 saturated carbocycles.